The van der Waals surface area contributed by atoms with E-state index in [0.29, 0.717) is 18.6 Å². The molecule has 0 saturated carbocycles. The van der Waals surface area contributed by atoms with Crippen LogP contribution in [0.15, 0.2) is 48.5 Å². The second-order valence-corrected chi connectivity index (χ2v) is 7.62. The molecule has 0 amide bonds. The Hall–Kier alpha value is -1.84. The molecular weight excluding hydrogens is 308 g/mol. The van der Waals surface area contributed by atoms with Gasteiger partial charge in [-0.25, -0.2) is 0 Å². The van der Waals surface area contributed by atoms with E-state index in [1.165, 1.54) is 41.1 Å². The third-order valence-corrected chi connectivity index (χ3v) is 5.87. The number of nitrogens with zero attached hydrogens (tertiary/aromatic N) is 2. The highest BCUT2D eigenvalue weighted by Gasteiger charge is 2.26. The molecule has 132 valence electrons. The smallest absolute Gasteiger partial charge is 0.0846 e. The average Bonchev–Trinajstić information content (AvgIpc) is 2.93. The summed E-state index contributed by atoms with van der Waals surface area (Å²) in [4.78, 5) is 2.49. The highest BCUT2D eigenvalue weighted by atomic mass is 16.3. The van der Waals surface area contributed by atoms with Crippen molar-refractivity contribution in [1.82, 2.24) is 9.47 Å². The monoisotopic (exact) mass is 336 g/mol. The van der Waals surface area contributed by atoms with Crippen LogP contribution < -0.4 is 0 Å². The Morgan fingerprint density at radius 1 is 0.880 bits per heavy atom. The number of likely N-dealkylation sites (tertiary alicyclic amines) is 1. The number of rotatable bonds is 4. The maximum atomic E-state index is 10.9. The molecule has 1 aromatic heterocycles. The van der Waals surface area contributed by atoms with Crippen LogP contribution in [0.5, 0.6) is 0 Å². The molecule has 3 aromatic rings. The van der Waals surface area contributed by atoms with Crippen molar-refractivity contribution in [1.29, 1.82) is 0 Å². The zero-order valence-electron chi connectivity index (χ0n) is 15.2. The van der Waals surface area contributed by atoms with Crippen LogP contribution in [-0.4, -0.2) is 39.3 Å². The van der Waals surface area contributed by atoms with Gasteiger partial charge in [0.2, 0.25) is 0 Å². The number of hydrogen-bond acceptors (Lipinski definition) is 2. The van der Waals surface area contributed by atoms with Crippen LogP contribution in [0.1, 0.15) is 33.1 Å². The summed E-state index contributed by atoms with van der Waals surface area (Å²) in [7, 11) is 0. The normalized spacial score (nSPS) is 23.3. The predicted molar refractivity (Wildman–Crippen MR) is 105 cm³/mol. The average molecular weight is 336 g/mol. The van der Waals surface area contributed by atoms with Gasteiger partial charge in [0, 0.05) is 40.4 Å². The molecule has 3 unspecified atom stereocenters. The van der Waals surface area contributed by atoms with Crippen LogP contribution in [0, 0.1) is 0 Å². The summed E-state index contributed by atoms with van der Waals surface area (Å²) in [6.45, 7) is 5.98. The van der Waals surface area contributed by atoms with Crippen LogP contribution >= 0.6 is 0 Å². The number of aromatic nitrogens is 1. The van der Waals surface area contributed by atoms with Gasteiger partial charge >= 0.3 is 0 Å². The molecule has 25 heavy (non-hydrogen) atoms. The van der Waals surface area contributed by atoms with Crippen LogP contribution in [-0.2, 0) is 6.54 Å². The van der Waals surface area contributed by atoms with Crippen molar-refractivity contribution in [3.05, 3.63) is 48.5 Å². The minimum atomic E-state index is -0.359. The Bertz CT molecular complexity index is 805. The second kappa shape index (κ2) is 6.81. The molecule has 1 aliphatic heterocycles. The molecule has 4 rings (SSSR count). The van der Waals surface area contributed by atoms with Crippen LogP contribution in [0.4, 0.5) is 0 Å². The van der Waals surface area contributed by atoms with Crippen molar-refractivity contribution >= 4 is 21.8 Å². The predicted octanol–water partition coefficient (Wildman–Crippen LogP) is 4.42. The molecule has 2 heterocycles. The quantitative estimate of drug-likeness (QED) is 0.764. The van der Waals surface area contributed by atoms with Gasteiger partial charge in [0.1, 0.15) is 0 Å². The fourth-order valence-corrected chi connectivity index (χ4v) is 4.55. The summed E-state index contributed by atoms with van der Waals surface area (Å²) < 4.78 is 2.29. The van der Waals surface area contributed by atoms with E-state index in [0.717, 1.165) is 6.54 Å². The van der Waals surface area contributed by atoms with E-state index < -0.39 is 0 Å². The Kier molecular flexibility index (Phi) is 4.53. The van der Waals surface area contributed by atoms with Gasteiger partial charge in [-0.3, -0.25) is 4.90 Å². The van der Waals surface area contributed by atoms with Crippen LogP contribution in [0.3, 0.4) is 0 Å². The first-order valence-electron chi connectivity index (χ1n) is 9.55. The number of benzene rings is 2. The van der Waals surface area contributed by atoms with Crippen molar-refractivity contribution in [3.8, 4) is 0 Å². The zero-order valence-corrected chi connectivity index (χ0v) is 15.2. The maximum absolute atomic E-state index is 10.9. The summed E-state index contributed by atoms with van der Waals surface area (Å²) in [6, 6.07) is 18.2. The molecule has 3 heteroatoms. The largest absolute Gasteiger partial charge is 0.390 e. The lowest BCUT2D eigenvalue weighted by molar-refractivity contribution is 0.0357. The van der Waals surface area contributed by atoms with Gasteiger partial charge in [0.15, 0.2) is 0 Å². The number of fused-ring (bicyclic) bond motifs is 3. The van der Waals surface area contributed by atoms with Crippen LogP contribution in [0.25, 0.3) is 21.8 Å². The molecular formula is C22H28N2O. The van der Waals surface area contributed by atoms with E-state index in [4.69, 9.17) is 0 Å². The van der Waals surface area contributed by atoms with E-state index in [9.17, 15) is 5.11 Å². The fourth-order valence-electron chi connectivity index (χ4n) is 4.55. The summed E-state index contributed by atoms with van der Waals surface area (Å²) in [5.74, 6) is 0. The topological polar surface area (TPSA) is 28.4 Å². The van der Waals surface area contributed by atoms with Crippen molar-refractivity contribution in [3.63, 3.8) is 0 Å². The third kappa shape index (κ3) is 3.07. The van der Waals surface area contributed by atoms with Gasteiger partial charge in [0.05, 0.1) is 12.6 Å². The molecule has 0 bridgehead atoms. The molecule has 3 nitrogen and oxygen atoms in total. The van der Waals surface area contributed by atoms with Gasteiger partial charge in [-0.15, -0.1) is 0 Å². The SMILES string of the molecule is CC1CCCC(C)N1CC(O)Cn1c2ccccc2c2ccccc21. The minimum absolute atomic E-state index is 0.359. The van der Waals surface area contributed by atoms with Crippen molar-refractivity contribution < 1.29 is 5.11 Å². The van der Waals surface area contributed by atoms with Gasteiger partial charge in [0.25, 0.3) is 0 Å². The molecule has 2 aromatic carbocycles. The Morgan fingerprint density at radius 2 is 1.40 bits per heavy atom. The number of piperidine rings is 1. The van der Waals surface area contributed by atoms with Gasteiger partial charge in [-0.05, 0) is 38.8 Å². The van der Waals surface area contributed by atoms with Crippen molar-refractivity contribution in [2.24, 2.45) is 0 Å². The lowest BCUT2D eigenvalue weighted by atomic mass is 9.97. The first-order chi connectivity index (χ1) is 12.1. The summed E-state index contributed by atoms with van der Waals surface area (Å²) >= 11 is 0. The van der Waals surface area contributed by atoms with E-state index >= 15 is 0 Å². The molecule has 1 N–H and O–H groups in total. The zero-order chi connectivity index (χ0) is 17.4. The molecule has 0 spiro atoms. The highest BCUT2D eigenvalue weighted by molar-refractivity contribution is 6.07. The van der Waals surface area contributed by atoms with E-state index in [1.54, 1.807) is 0 Å². The number of aliphatic hydroxyl groups is 1. The first-order valence-corrected chi connectivity index (χ1v) is 9.55. The number of para-hydroxylation sites is 2. The fraction of sp³-hybridized carbons (Fsp3) is 0.455. The number of aliphatic hydroxyl groups excluding tert-OH is 1. The van der Waals surface area contributed by atoms with Gasteiger partial charge < -0.3 is 9.67 Å². The molecule has 1 saturated heterocycles. The highest BCUT2D eigenvalue weighted by Crippen LogP contribution is 2.29. The van der Waals surface area contributed by atoms with E-state index in [-0.39, 0.29) is 6.10 Å². The second-order valence-electron chi connectivity index (χ2n) is 7.62. The van der Waals surface area contributed by atoms with Crippen molar-refractivity contribution in [2.75, 3.05) is 6.54 Å². The summed E-state index contributed by atoms with van der Waals surface area (Å²) in [5, 5.41) is 13.4. The third-order valence-electron chi connectivity index (χ3n) is 5.87. The number of β-amino-alcohol motifs (C(OH)–C–C–N with tert-alkyl or cyclic N) is 1. The summed E-state index contributed by atoms with van der Waals surface area (Å²) in [6.07, 6.45) is 3.43. The maximum Gasteiger partial charge on any atom is 0.0846 e. The molecule has 0 aliphatic carbocycles. The van der Waals surface area contributed by atoms with E-state index in [1.807, 2.05) is 0 Å². The van der Waals surface area contributed by atoms with Crippen molar-refractivity contribution in [2.45, 2.75) is 57.8 Å². The Labute approximate surface area is 149 Å². The Balaban J connectivity index is 1.63. The molecule has 3 atom stereocenters. The lowest BCUT2D eigenvalue weighted by Crippen LogP contribution is -2.48. The van der Waals surface area contributed by atoms with E-state index in [2.05, 4.69) is 71.8 Å². The summed E-state index contributed by atoms with van der Waals surface area (Å²) in [5.41, 5.74) is 2.42. The Morgan fingerprint density at radius 3 is 1.96 bits per heavy atom. The lowest BCUT2D eigenvalue weighted by Gasteiger charge is -2.40. The minimum Gasteiger partial charge on any atom is -0.390 e. The number of hydrogen-bond donors (Lipinski definition) is 1. The van der Waals surface area contributed by atoms with Gasteiger partial charge in [-0.2, -0.15) is 0 Å². The molecule has 1 aliphatic rings. The standard InChI is InChI=1S/C22H28N2O/c1-16-8-7-9-17(2)23(16)14-18(25)15-24-21-12-5-3-10-19(21)20-11-4-6-13-22(20)24/h3-6,10-13,16-18,25H,7-9,14-15H2,1-2H3. The van der Waals surface area contributed by atoms with Crippen LogP contribution in [0.2, 0.25) is 0 Å². The van der Waals surface area contributed by atoms with Gasteiger partial charge in [-0.1, -0.05) is 42.8 Å². The molecule has 1 fully saturated rings. The first kappa shape index (κ1) is 16.6. The molecule has 0 radical (unpaired) electrons.